The van der Waals surface area contributed by atoms with E-state index in [-0.39, 0.29) is 5.60 Å². The number of allylic oxidation sites excluding steroid dienone is 1. The van der Waals surface area contributed by atoms with Crippen LogP contribution in [0.5, 0.6) is 11.5 Å². The Hall–Kier alpha value is -2.22. The van der Waals surface area contributed by atoms with Crippen molar-refractivity contribution in [2.45, 2.75) is 51.0 Å². The van der Waals surface area contributed by atoms with E-state index in [1.165, 1.54) is 5.57 Å². The summed E-state index contributed by atoms with van der Waals surface area (Å²) in [5.74, 6) is 1.92. The van der Waals surface area contributed by atoms with Gasteiger partial charge in [-0.05, 0) is 75.1 Å². The molecule has 0 unspecified atom stereocenters. The predicted molar refractivity (Wildman–Crippen MR) is 103 cm³/mol. The number of aromatic hydroxyl groups is 1. The van der Waals surface area contributed by atoms with Crippen molar-refractivity contribution >= 4 is 0 Å². The molecule has 0 spiro atoms. The number of para-hydroxylation sites is 2. The summed E-state index contributed by atoms with van der Waals surface area (Å²) >= 11 is 0. The summed E-state index contributed by atoms with van der Waals surface area (Å²) in [5.41, 5.74) is 2.25. The number of phenols is 1. The van der Waals surface area contributed by atoms with Gasteiger partial charge in [-0.1, -0.05) is 48.6 Å². The maximum atomic E-state index is 9.90. The molecule has 1 N–H and O–H groups in total. The van der Waals surface area contributed by atoms with Crippen LogP contribution < -0.4 is 4.74 Å². The first-order chi connectivity index (χ1) is 12.1. The SMILES string of the molecule is C=C(CCc1ccccc1O)C1CCC(C)(Oc2ccccc2)CC1. The van der Waals surface area contributed by atoms with E-state index in [0.29, 0.717) is 11.7 Å². The van der Waals surface area contributed by atoms with E-state index in [9.17, 15) is 5.11 Å². The molecule has 25 heavy (non-hydrogen) atoms. The number of hydrogen-bond donors (Lipinski definition) is 1. The fourth-order valence-corrected chi connectivity index (χ4v) is 3.73. The Morgan fingerprint density at radius 2 is 1.72 bits per heavy atom. The molecule has 0 aromatic heterocycles. The average Bonchev–Trinajstić information content (AvgIpc) is 2.62. The highest BCUT2D eigenvalue weighted by Gasteiger charge is 2.33. The molecule has 132 valence electrons. The summed E-state index contributed by atoms with van der Waals surface area (Å²) in [6.07, 6.45) is 6.18. The highest BCUT2D eigenvalue weighted by molar-refractivity contribution is 5.32. The van der Waals surface area contributed by atoms with Crippen molar-refractivity contribution in [3.8, 4) is 11.5 Å². The van der Waals surface area contributed by atoms with E-state index >= 15 is 0 Å². The van der Waals surface area contributed by atoms with Crippen LogP contribution in [-0.4, -0.2) is 10.7 Å². The van der Waals surface area contributed by atoms with Gasteiger partial charge in [-0.2, -0.15) is 0 Å². The maximum absolute atomic E-state index is 9.90. The zero-order chi connectivity index (χ0) is 17.7. The van der Waals surface area contributed by atoms with E-state index in [0.717, 1.165) is 49.8 Å². The van der Waals surface area contributed by atoms with Gasteiger partial charge in [0.1, 0.15) is 17.1 Å². The minimum Gasteiger partial charge on any atom is -0.508 e. The summed E-state index contributed by atoms with van der Waals surface area (Å²) < 4.78 is 6.25. The quantitative estimate of drug-likeness (QED) is 0.665. The van der Waals surface area contributed by atoms with Gasteiger partial charge in [0.25, 0.3) is 0 Å². The molecule has 0 atom stereocenters. The smallest absolute Gasteiger partial charge is 0.120 e. The van der Waals surface area contributed by atoms with Crippen molar-refractivity contribution < 1.29 is 9.84 Å². The lowest BCUT2D eigenvalue weighted by molar-refractivity contribution is 0.0374. The lowest BCUT2D eigenvalue weighted by Gasteiger charge is -2.38. The molecule has 1 saturated carbocycles. The lowest BCUT2D eigenvalue weighted by atomic mass is 9.76. The van der Waals surface area contributed by atoms with Crippen LogP contribution in [0.4, 0.5) is 0 Å². The second kappa shape index (κ2) is 7.77. The molecule has 0 saturated heterocycles. The van der Waals surface area contributed by atoms with Crippen molar-refractivity contribution in [3.05, 3.63) is 72.3 Å². The number of benzene rings is 2. The summed E-state index contributed by atoms with van der Waals surface area (Å²) in [6.45, 7) is 6.56. The molecule has 1 aliphatic carbocycles. The molecule has 0 bridgehead atoms. The normalized spacial score (nSPS) is 23.2. The van der Waals surface area contributed by atoms with Crippen LogP contribution in [0.3, 0.4) is 0 Å². The molecule has 2 nitrogen and oxygen atoms in total. The fraction of sp³-hybridized carbons (Fsp3) is 0.391. The zero-order valence-electron chi connectivity index (χ0n) is 15.1. The fourth-order valence-electron chi connectivity index (χ4n) is 3.73. The monoisotopic (exact) mass is 336 g/mol. The number of phenolic OH excluding ortho intramolecular Hbond substituents is 1. The van der Waals surface area contributed by atoms with Crippen LogP contribution in [0, 0.1) is 5.92 Å². The number of hydrogen-bond acceptors (Lipinski definition) is 2. The van der Waals surface area contributed by atoms with Gasteiger partial charge in [0.15, 0.2) is 0 Å². The molecule has 0 radical (unpaired) electrons. The van der Waals surface area contributed by atoms with Gasteiger partial charge in [0.2, 0.25) is 0 Å². The van der Waals surface area contributed by atoms with E-state index in [1.54, 1.807) is 6.07 Å². The van der Waals surface area contributed by atoms with Gasteiger partial charge in [0, 0.05) is 0 Å². The number of rotatable bonds is 6. The molecular formula is C23H28O2. The average molecular weight is 336 g/mol. The van der Waals surface area contributed by atoms with E-state index in [2.05, 4.69) is 13.5 Å². The molecule has 1 aliphatic rings. The van der Waals surface area contributed by atoms with Crippen LogP contribution in [0.25, 0.3) is 0 Å². The van der Waals surface area contributed by atoms with E-state index in [1.807, 2.05) is 48.5 Å². The van der Waals surface area contributed by atoms with E-state index < -0.39 is 0 Å². The van der Waals surface area contributed by atoms with E-state index in [4.69, 9.17) is 4.74 Å². The second-order valence-corrected chi connectivity index (χ2v) is 7.43. The first kappa shape index (κ1) is 17.6. The summed E-state index contributed by atoms with van der Waals surface area (Å²) in [6, 6.07) is 17.7. The molecule has 0 aliphatic heterocycles. The van der Waals surface area contributed by atoms with Crippen LogP contribution >= 0.6 is 0 Å². The Morgan fingerprint density at radius 3 is 2.40 bits per heavy atom. The summed E-state index contributed by atoms with van der Waals surface area (Å²) in [7, 11) is 0. The Bertz CT molecular complexity index is 697. The topological polar surface area (TPSA) is 29.5 Å². The van der Waals surface area contributed by atoms with Crippen molar-refractivity contribution in [3.63, 3.8) is 0 Å². The van der Waals surface area contributed by atoms with Crippen LogP contribution in [0.2, 0.25) is 0 Å². The minimum absolute atomic E-state index is 0.0736. The highest BCUT2D eigenvalue weighted by atomic mass is 16.5. The second-order valence-electron chi connectivity index (χ2n) is 7.43. The third kappa shape index (κ3) is 4.66. The molecule has 0 amide bonds. The van der Waals surface area contributed by atoms with Gasteiger partial charge in [-0.15, -0.1) is 0 Å². The molecule has 3 rings (SSSR count). The van der Waals surface area contributed by atoms with Gasteiger partial charge < -0.3 is 9.84 Å². The van der Waals surface area contributed by atoms with Crippen LogP contribution in [0.1, 0.15) is 44.6 Å². The molecule has 2 heteroatoms. The van der Waals surface area contributed by atoms with Crippen molar-refractivity contribution in [2.75, 3.05) is 0 Å². The predicted octanol–water partition coefficient (Wildman–Crippen LogP) is 5.91. The third-order valence-electron chi connectivity index (χ3n) is 5.44. The van der Waals surface area contributed by atoms with Gasteiger partial charge in [-0.25, -0.2) is 0 Å². The zero-order valence-corrected chi connectivity index (χ0v) is 15.1. The first-order valence-electron chi connectivity index (χ1n) is 9.24. The number of ether oxygens (including phenoxy) is 1. The van der Waals surface area contributed by atoms with Crippen molar-refractivity contribution in [1.29, 1.82) is 0 Å². The molecule has 2 aromatic rings. The Kier molecular flexibility index (Phi) is 5.47. The Morgan fingerprint density at radius 1 is 1.08 bits per heavy atom. The highest BCUT2D eigenvalue weighted by Crippen LogP contribution is 2.39. The van der Waals surface area contributed by atoms with Gasteiger partial charge in [0.05, 0.1) is 0 Å². The largest absolute Gasteiger partial charge is 0.508 e. The summed E-state index contributed by atoms with van der Waals surface area (Å²) in [4.78, 5) is 0. The first-order valence-corrected chi connectivity index (χ1v) is 9.24. The molecule has 0 heterocycles. The minimum atomic E-state index is -0.0736. The van der Waals surface area contributed by atoms with Gasteiger partial charge in [-0.3, -0.25) is 0 Å². The maximum Gasteiger partial charge on any atom is 0.120 e. The standard InChI is InChI=1S/C23H28O2/c1-18(12-13-20-8-6-7-11-22(20)24)19-14-16-23(2,17-15-19)25-21-9-4-3-5-10-21/h3-11,19,24H,1,12-17H2,2H3. The summed E-state index contributed by atoms with van der Waals surface area (Å²) in [5, 5.41) is 9.90. The van der Waals surface area contributed by atoms with Crippen LogP contribution in [-0.2, 0) is 6.42 Å². The number of aryl methyl sites for hydroxylation is 1. The Balaban J connectivity index is 1.50. The molecule has 2 aromatic carbocycles. The lowest BCUT2D eigenvalue weighted by Crippen LogP contribution is -2.37. The molecule has 1 fully saturated rings. The van der Waals surface area contributed by atoms with Crippen molar-refractivity contribution in [1.82, 2.24) is 0 Å². The van der Waals surface area contributed by atoms with Gasteiger partial charge >= 0.3 is 0 Å². The Labute approximate surface area is 151 Å². The third-order valence-corrected chi connectivity index (χ3v) is 5.44. The molecular weight excluding hydrogens is 308 g/mol. The van der Waals surface area contributed by atoms with Crippen molar-refractivity contribution in [2.24, 2.45) is 5.92 Å². The van der Waals surface area contributed by atoms with Crippen LogP contribution in [0.15, 0.2) is 66.7 Å².